The van der Waals surface area contributed by atoms with Crippen molar-refractivity contribution in [3.63, 3.8) is 0 Å². The minimum atomic E-state index is -1.87. The first-order chi connectivity index (χ1) is 11.7. The predicted molar refractivity (Wildman–Crippen MR) is 103 cm³/mol. The van der Waals surface area contributed by atoms with Crippen LogP contribution in [0, 0.1) is 0 Å². The van der Waals surface area contributed by atoms with Crippen LogP contribution in [0.2, 0.25) is 10.0 Å². The Balaban J connectivity index is 2.27. The van der Waals surface area contributed by atoms with Crippen molar-refractivity contribution in [3.05, 3.63) is 63.6 Å². The van der Waals surface area contributed by atoms with E-state index in [-0.39, 0.29) is 10.6 Å². The molecule has 2 aromatic carbocycles. The molecule has 0 amide bonds. The SMILES string of the molecule is CCOc1ccc(C(OC(=O)c2ccc(Cl)cc2Cl)C(Cl)(Cl)Cl)cc1. The van der Waals surface area contributed by atoms with Crippen LogP contribution < -0.4 is 4.74 Å². The smallest absolute Gasteiger partial charge is 0.340 e. The molecular weight excluding hydrogens is 429 g/mol. The van der Waals surface area contributed by atoms with E-state index in [0.29, 0.717) is 22.9 Å². The van der Waals surface area contributed by atoms with E-state index in [0.717, 1.165) is 0 Å². The largest absolute Gasteiger partial charge is 0.494 e. The quantitative estimate of drug-likeness (QED) is 0.384. The number of esters is 1. The molecule has 134 valence electrons. The fourth-order valence-corrected chi connectivity index (χ4v) is 3.05. The predicted octanol–water partition coefficient (Wildman–Crippen LogP) is 6.66. The summed E-state index contributed by atoms with van der Waals surface area (Å²) in [6.45, 7) is 2.40. The molecule has 0 aromatic heterocycles. The maximum absolute atomic E-state index is 12.4. The maximum atomic E-state index is 12.4. The molecule has 0 aliphatic carbocycles. The molecule has 0 saturated heterocycles. The second kappa shape index (κ2) is 8.70. The molecule has 0 heterocycles. The van der Waals surface area contributed by atoms with Crippen LogP contribution in [0.15, 0.2) is 42.5 Å². The lowest BCUT2D eigenvalue weighted by Gasteiger charge is -2.25. The molecule has 2 aromatic rings. The number of halogens is 5. The highest BCUT2D eigenvalue weighted by molar-refractivity contribution is 6.68. The molecule has 0 aliphatic heterocycles. The summed E-state index contributed by atoms with van der Waals surface area (Å²) in [5, 5.41) is 0.540. The molecule has 0 aliphatic rings. The third kappa shape index (κ3) is 5.57. The van der Waals surface area contributed by atoms with E-state index in [2.05, 4.69) is 0 Å². The van der Waals surface area contributed by atoms with Gasteiger partial charge >= 0.3 is 5.97 Å². The van der Waals surface area contributed by atoms with E-state index in [4.69, 9.17) is 67.5 Å². The van der Waals surface area contributed by atoms with E-state index >= 15 is 0 Å². The average molecular weight is 443 g/mol. The Hall–Kier alpha value is -0.840. The van der Waals surface area contributed by atoms with Gasteiger partial charge in [0.2, 0.25) is 3.79 Å². The number of ether oxygens (including phenoxy) is 2. The summed E-state index contributed by atoms with van der Waals surface area (Å²) in [6.07, 6.45) is -1.13. The van der Waals surface area contributed by atoms with Gasteiger partial charge in [-0.15, -0.1) is 0 Å². The van der Waals surface area contributed by atoms with Crippen LogP contribution >= 0.6 is 58.0 Å². The number of carbonyl (C=O) groups excluding carboxylic acids is 1. The summed E-state index contributed by atoms with van der Waals surface area (Å²) in [5.74, 6) is -0.0757. The Morgan fingerprint density at radius 2 is 1.72 bits per heavy atom. The maximum Gasteiger partial charge on any atom is 0.340 e. The van der Waals surface area contributed by atoms with Gasteiger partial charge in [0.15, 0.2) is 6.10 Å². The molecule has 2 rings (SSSR count). The molecular formula is C17H13Cl5O3. The van der Waals surface area contributed by atoms with Gasteiger partial charge in [-0.05, 0) is 42.8 Å². The van der Waals surface area contributed by atoms with Gasteiger partial charge in [-0.3, -0.25) is 0 Å². The number of hydrogen-bond donors (Lipinski definition) is 0. The van der Waals surface area contributed by atoms with Gasteiger partial charge in [0, 0.05) is 5.02 Å². The minimum Gasteiger partial charge on any atom is -0.494 e. The molecule has 0 bridgehead atoms. The number of alkyl halides is 3. The first kappa shape index (κ1) is 20.5. The molecule has 8 heteroatoms. The normalized spacial score (nSPS) is 12.6. The summed E-state index contributed by atoms with van der Waals surface area (Å²) < 4.78 is 8.90. The van der Waals surface area contributed by atoms with Gasteiger partial charge < -0.3 is 9.47 Å². The summed E-state index contributed by atoms with van der Waals surface area (Å²) >= 11 is 29.8. The van der Waals surface area contributed by atoms with Crippen molar-refractivity contribution in [2.75, 3.05) is 6.61 Å². The number of benzene rings is 2. The summed E-state index contributed by atoms with van der Waals surface area (Å²) in [7, 11) is 0. The van der Waals surface area contributed by atoms with Gasteiger partial charge in [-0.2, -0.15) is 0 Å². The minimum absolute atomic E-state index is 0.122. The van der Waals surface area contributed by atoms with Gasteiger partial charge in [0.1, 0.15) is 5.75 Å². The zero-order chi connectivity index (χ0) is 18.6. The average Bonchev–Trinajstić information content (AvgIpc) is 2.52. The Morgan fingerprint density at radius 3 is 2.24 bits per heavy atom. The molecule has 3 nitrogen and oxygen atoms in total. The van der Waals surface area contributed by atoms with Crippen LogP contribution in [0.3, 0.4) is 0 Å². The highest BCUT2D eigenvalue weighted by Gasteiger charge is 2.38. The van der Waals surface area contributed by atoms with Crippen LogP contribution in [0.4, 0.5) is 0 Å². The highest BCUT2D eigenvalue weighted by atomic mass is 35.6. The van der Waals surface area contributed by atoms with Crippen molar-refractivity contribution >= 4 is 64.0 Å². The van der Waals surface area contributed by atoms with E-state index < -0.39 is 15.9 Å². The Bertz CT molecular complexity index is 741. The lowest BCUT2D eigenvalue weighted by molar-refractivity contribution is 0.0305. The van der Waals surface area contributed by atoms with E-state index in [1.54, 1.807) is 24.3 Å². The van der Waals surface area contributed by atoms with Gasteiger partial charge in [-0.1, -0.05) is 70.1 Å². The highest BCUT2D eigenvalue weighted by Crippen LogP contribution is 2.43. The standard InChI is InChI=1S/C17H13Cl5O3/c1-2-24-12-6-3-10(4-7-12)15(17(20,21)22)25-16(23)13-8-5-11(18)9-14(13)19/h3-9,15H,2H2,1H3. The van der Waals surface area contributed by atoms with Crippen LogP contribution in [0.1, 0.15) is 28.9 Å². The summed E-state index contributed by atoms with van der Waals surface area (Å²) in [6, 6.07) is 11.1. The lowest BCUT2D eigenvalue weighted by atomic mass is 10.1. The van der Waals surface area contributed by atoms with Crippen LogP contribution in [0.5, 0.6) is 5.75 Å². The topological polar surface area (TPSA) is 35.5 Å². The molecule has 1 atom stereocenters. The van der Waals surface area contributed by atoms with Crippen LogP contribution in [-0.2, 0) is 4.74 Å². The Morgan fingerprint density at radius 1 is 1.08 bits per heavy atom. The number of hydrogen-bond acceptors (Lipinski definition) is 3. The fraction of sp³-hybridized carbons (Fsp3) is 0.235. The fourth-order valence-electron chi connectivity index (χ4n) is 2.05. The molecule has 0 radical (unpaired) electrons. The second-order valence-electron chi connectivity index (χ2n) is 4.95. The van der Waals surface area contributed by atoms with Gasteiger partial charge in [0.05, 0.1) is 17.2 Å². The molecule has 0 N–H and O–H groups in total. The number of carbonyl (C=O) groups is 1. The molecule has 25 heavy (non-hydrogen) atoms. The van der Waals surface area contributed by atoms with Crippen LogP contribution in [0.25, 0.3) is 0 Å². The third-order valence-electron chi connectivity index (χ3n) is 3.17. The zero-order valence-corrected chi connectivity index (χ0v) is 16.7. The number of rotatable bonds is 5. The van der Waals surface area contributed by atoms with Crippen LogP contribution in [-0.4, -0.2) is 16.4 Å². The third-order valence-corrected chi connectivity index (χ3v) is 4.31. The van der Waals surface area contributed by atoms with Crippen molar-refractivity contribution in [3.8, 4) is 5.75 Å². The van der Waals surface area contributed by atoms with Gasteiger partial charge in [0.25, 0.3) is 0 Å². The monoisotopic (exact) mass is 440 g/mol. The van der Waals surface area contributed by atoms with Crippen molar-refractivity contribution in [1.82, 2.24) is 0 Å². The van der Waals surface area contributed by atoms with E-state index in [9.17, 15) is 4.79 Å². The molecule has 0 fully saturated rings. The molecule has 0 spiro atoms. The second-order valence-corrected chi connectivity index (χ2v) is 8.17. The lowest BCUT2D eigenvalue weighted by Crippen LogP contribution is -2.23. The summed E-state index contributed by atoms with van der Waals surface area (Å²) in [4.78, 5) is 12.4. The van der Waals surface area contributed by atoms with Crippen molar-refractivity contribution in [2.24, 2.45) is 0 Å². The van der Waals surface area contributed by atoms with Crippen molar-refractivity contribution in [1.29, 1.82) is 0 Å². The Labute approximate surface area is 170 Å². The molecule has 1 unspecified atom stereocenters. The van der Waals surface area contributed by atoms with Crippen molar-refractivity contribution < 1.29 is 14.3 Å². The first-order valence-corrected chi connectivity index (χ1v) is 9.07. The van der Waals surface area contributed by atoms with Gasteiger partial charge in [-0.25, -0.2) is 4.79 Å². The Kier molecular flexibility index (Phi) is 7.12. The van der Waals surface area contributed by atoms with E-state index in [1.165, 1.54) is 18.2 Å². The zero-order valence-electron chi connectivity index (χ0n) is 12.9. The first-order valence-electron chi connectivity index (χ1n) is 7.18. The summed E-state index contributed by atoms with van der Waals surface area (Å²) in [5.41, 5.74) is 0.623. The van der Waals surface area contributed by atoms with Crippen molar-refractivity contribution in [2.45, 2.75) is 16.8 Å². The molecule has 0 saturated carbocycles. The van der Waals surface area contributed by atoms with E-state index in [1.807, 2.05) is 6.92 Å².